The van der Waals surface area contributed by atoms with Crippen molar-refractivity contribution in [2.75, 3.05) is 16.5 Å². The number of hydrogen-bond acceptors (Lipinski definition) is 4. The number of benzene rings is 5. The average Bonchev–Trinajstić information content (AvgIpc) is 3.66. The molecular weight excluding hydrogens is 649 g/mol. The van der Waals surface area contributed by atoms with Crippen molar-refractivity contribution in [2.45, 2.75) is 78.6 Å². The van der Waals surface area contributed by atoms with Gasteiger partial charge in [0.2, 0.25) is 0 Å². The summed E-state index contributed by atoms with van der Waals surface area (Å²) in [5.41, 5.74) is 10.8. The van der Waals surface area contributed by atoms with Crippen LogP contribution in [0.5, 0.6) is 11.5 Å². The van der Waals surface area contributed by atoms with E-state index in [1.54, 1.807) is 0 Å². The van der Waals surface area contributed by atoms with E-state index >= 15 is 0 Å². The van der Waals surface area contributed by atoms with Gasteiger partial charge in [0.1, 0.15) is 24.0 Å². The predicted molar refractivity (Wildman–Crippen MR) is 223 cm³/mol. The number of hydrogen-bond donors (Lipinski definition) is 0. The molecule has 1 aliphatic heterocycles. The molecule has 0 saturated carbocycles. The Morgan fingerprint density at radius 2 is 1.04 bits per heavy atom. The van der Waals surface area contributed by atoms with Crippen LogP contribution in [0.15, 0.2) is 128 Å². The maximum absolute atomic E-state index is 6.71. The van der Waals surface area contributed by atoms with Crippen LogP contribution in [0.3, 0.4) is 0 Å². The first-order valence-corrected chi connectivity index (χ1v) is 18.7. The van der Waals surface area contributed by atoms with Crippen LogP contribution in [-0.2, 0) is 16.2 Å². The second-order valence-corrected chi connectivity index (χ2v) is 17.5. The molecule has 0 amide bonds. The first kappa shape index (κ1) is 34.5. The minimum Gasteiger partial charge on any atom is -0.457 e. The van der Waals surface area contributed by atoms with E-state index in [1.165, 1.54) is 44.5 Å². The Kier molecular flexibility index (Phi) is 8.17. The highest BCUT2D eigenvalue weighted by Gasteiger charge is 2.29. The van der Waals surface area contributed by atoms with Gasteiger partial charge in [0.05, 0.1) is 22.4 Å². The Hall–Kier alpha value is -5.55. The molecule has 0 N–H and O–H groups in total. The third kappa shape index (κ3) is 6.43. The zero-order valence-corrected chi connectivity index (χ0v) is 32.5. The fourth-order valence-electron chi connectivity index (χ4n) is 7.43. The summed E-state index contributed by atoms with van der Waals surface area (Å²) in [6.07, 6.45) is 1.94. The fourth-order valence-corrected chi connectivity index (χ4v) is 7.43. The monoisotopic (exact) mass is 698 g/mol. The second-order valence-electron chi connectivity index (χ2n) is 17.5. The maximum Gasteiger partial charge on any atom is 0.137 e. The molecule has 3 heterocycles. The van der Waals surface area contributed by atoms with E-state index in [0.717, 1.165) is 34.0 Å². The molecule has 7 aromatic rings. The van der Waals surface area contributed by atoms with E-state index in [9.17, 15) is 0 Å². The molecule has 0 radical (unpaired) electrons. The molecule has 0 spiro atoms. The van der Waals surface area contributed by atoms with Gasteiger partial charge < -0.3 is 14.5 Å². The van der Waals surface area contributed by atoms with E-state index in [-0.39, 0.29) is 16.2 Å². The number of nitrogens with zero attached hydrogens (tertiary/aromatic N) is 4. The number of para-hydroxylation sites is 2. The molecule has 0 bridgehead atoms. The number of pyridine rings is 1. The average molecular weight is 699 g/mol. The molecule has 0 aliphatic carbocycles. The van der Waals surface area contributed by atoms with Crippen molar-refractivity contribution in [2.24, 2.45) is 0 Å². The lowest BCUT2D eigenvalue weighted by molar-refractivity contribution is 0.483. The third-order valence-corrected chi connectivity index (χ3v) is 10.6. The highest BCUT2D eigenvalue weighted by Crippen LogP contribution is 2.45. The van der Waals surface area contributed by atoms with Crippen molar-refractivity contribution in [1.82, 2.24) is 9.55 Å². The second kappa shape index (κ2) is 12.5. The lowest BCUT2D eigenvalue weighted by Crippen LogP contribution is -2.24. The van der Waals surface area contributed by atoms with Crippen molar-refractivity contribution in [3.05, 3.63) is 144 Å². The molecular formula is C48H50N4O. The van der Waals surface area contributed by atoms with Crippen LogP contribution >= 0.6 is 0 Å². The fraction of sp³-hybridized carbons (Fsp3) is 0.271. The molecule has 5 aromatic carbocycles. The van der Waals surface area contributed by atoms with Gasteiger partial charge >= 0.3 is 0 Å². The van der Waals surface area contributed by atoms with Gasteiger partial charge in [-0.05, 0) is 99.7 Å². The smallest absolute Gasteiger partial charge is 0.137 e. The zero-order chi connectivity index (χ0) is 37.3. The van der Waals surface area contributed by atoms with E-state index < -0.39 is 0 Å². The van der Waals surface area contributed by atoms with Crippen LogP contribution in [-0.4, -0.2) is 16.2 Å². The molecule has 1 aliphatic rings. The molecule has 5 nitrogen and oxygen atoms in total. The molecule has 0 atom stereocenters. The molecule has 0 unspecified atom stereocenters. The summed E-state index contributed by atoms with van der Waals surface area (Å²) in [4.78, 5) is 9.70. The Balaban J connectivity index is 1.18. The number of ether oxygens (including phenoxy) is 1. The standard InChI is InChI=1S/C48H50N4O/c1-46(2,3)32-14-12-15-35(26-32)50-31-51(42-19-11-10-18-41(42)50)36-16-13-17-37(29-36)53-38-21-23-40-39-22-20-33(47(4,5)6)27-43(39)52(44(40)30-38)45-28-34(24-25-49-45)48(7,8)9/h10-30H,31H2,1-9H3. The van der Waals surface area contributed by atoms with Crippen LogP contribution in [0.2, 0.25) is 0 Å². The third-order valence-electron chi connectivity index (χ3n) is 10.6. The van der Waals surface area contributed by atoms with Gasteiger partial charge in [-0.2, -0.15) is 0 Å². The summed E-state index contributed by atoms with van der Waals surface area (Å²) in [5.74, 6) is 2.48. The molecule has 5 heteroatoms. The van der Waals surface area contributed by atoms with Crippen molar-refractivity contribution in [3.8, 4) is 17.3 Å². The highest BCUT2D eigenvalue weighted by atomic mass is 16.5. The number of aromatic nitrogens is 2. The van der Waals surface area contributed by atoms with Crippen LogP contribution in [0, 0.1) is 0 Å². The van der Waals surface area contributed by atoms with Gasteiger partial charge in [0, 0.05) is 40.5 Å². The van der Waals surface area contributed by atoms with Crippen LogP contribution in [0.1, 0.15) is 79.0 Å². The van der Waals surface area contributed by atoms with Crippen molar-refractivity contribution >= 4 is 44.6 Å². The molecule has 8 rings (SSSR count). The van der Waals surface area contributed by atoms with Crippen LogP contribution in [0.4, 0.5) is 22.7 Å². The first-order valence-electron chi connectivity index (χ1n) is 18.7. The topological polar surface area (TPSA) is 33.5 Å². The van der Waals surface area contributed by atoms with Gasteiger partial charge in [-0.25, -0.2) is 4.98 Å². The van der Waals surface area contributed by atoms with Crippen molar-refractivity contribution in [1.29, 1.82) is 0 Å². The maximum atomic E-state index is 6.71. The zero-order valence-electron chi connectivity index (χ0n) is 32.5. The van der Waals surface area contributed by atoms with E-state index in [0.29, 0.717) is 6.67 Å². The molecule has 2 aromatic heterocycles. The normalized spacial score (nSPS) is 13.6. The van der Waals surface area contributed by atoms with Gasteiger partial charge in [0.15, 0.2) is 0 Å². The summed E-state index contributed by atoms with van der Waals surface area (Å²) >= 11 is 0. The lowest BCUT2D eigenvalue weighted by atomic mass is 9.86. The van der Waals surface area contributed by atoms with Crippen LogP contribution in [0.25, 0.3) is 27.6 Å². The molecule has 0 fully saturated rings. The predicted octanol–water partition coefficient (Wildman–Crippen LogP) is 13.1. The molecule has 0 saturated heterocycles. The van der Waals surface area contributed by atoms with Crippen LogP contribution < -0.4 is 14.5 Å². The van der Waals surface area contributed by atoms with Gasteiger partial charge in [0.25, 0.3) is 0 Å². The Morgan fingerprint density at radius 1 is 0.491 bits per heavy atom. The quantitative estimate of drug-likeness (QED) is 0.179. The van der Waals surface area contributed by atoms with E-state index in [2.05, 4.69) is 192 Å². The number of rotatable bonds is 5. The SMILES string of the molecule is CC(C)(C)c1cccc(N2CN(c3cccc(Oc4ccc5c6ccc(C(C)(C)C)cc6n(-c6cc(C(C)(C)C)ccn6)c5c4)c3)c3ccccc32)c1. The number of fused-ring (bicyclic) bond motifs is 4. The molecule has 53 heavy (non-hydrogen) atoms. The lowest BCUT2D eigenvalue weighted by Gasteiger charge is -2.25. The van der Waals surface area contributed by atoms with E-state index in [1.807, 2.05) is 12.3 Å². The summed E-state index contributed by atoms with van der Waals surface area (Å²) in [5, 5.41) is 2.38. The molecule has 268 valence electrons. The van der Waals surface area contributed by atoms with Gasteiger partial charge in [-0.15, -0.1) is 0 Å². The summed E-state index contributed by atoms with van der Waals surface area (Å²) in [6, 6.07) is 43.7. The largest absolute Gasteiger partial charge is 0.457 e. The van der Waals surface area contributed by atoms with Gasteiger partial charge in [-0.1, -0.05) is 105 Å². The first-order chi connectivity index (χ1) is 25.1. The Labute approximate surface area is 314 Å². The van der Waals surface area contributed by atoms with Crippen molar-refractivity contribution in [3.63, 3.8) is 0 Å². The summed E-state index contributed by atoms with van der Waals surface area (Å²) < 4.78 is 9.02. The Morgan fingerprint density at radius 3 is 1.70 bits per heavy atom. The minimum atomic E-state index is -0.00431. The van der Waals surface area contributed by atoms with Gasteiger partial charge in [-0.3, -0.25) is 4.57 Å². The summed E-state index contributed by atoms with van der Waals surface area (Å²) in [6.45, 7) is 21.1. The Bertz CT molecular complexity index is 2490. The summed E-state index contributed by atoms with van der Waals surface area (Å²) in [7, 11) is 0. The number of anilines is 4. The van der Waals surface area contributed by atoms with E-state index in [4.69, 9.17) is 9.72 Å². The minimum absolute atomic E-state index is 0.00431. The van der Waals surface area contributed by atoms with Crippen molar-refractivity contribution < 1.29 is 4.74 Å². The highest BCUT2D eigenvalue weighted by molar-refractivity contribution is 6.09.